The zero-order chi connectivity index (χ0) is 12.3. The molecule has 1 saturated heterocycles. The fourth-order valence-electron chi connectivity index (χ4n) is 2.78. The van der Waals surface area contributed by atoms with Gasteiger partial charge in [-0.15, -0.1) is 0 Å². The van der Waals surface area contributed by atoms with E-state index in [9.17, 15) is 9.59 Å². The molecule has 1 amide bonds. The van der Waals surface area contributed by atoms with E-state index in [1.807, 2.05) is 0 Å². The summed E-state index contributed by atoms with van der Waals surface area (Å²) < 4.78 is 0. The fourth-order valence-corrected chi connectivity index (χ4v) is 2.78. The molecule has 0 aromatic carbocycles. The molecule has 5 heteroatoms. The van der Waals surface area contributed by atoms with Crippen molar-refractivity contribution in [3.63, 3.8) is 0 Å². The molecule has 1 aliphatic carbocycles. The third-order valence-electron chi connectivity index (χ3n) is 3.84. The van der Waals surface area contributed by atoms with Gasteiger partial charge in [0, 0.05) is 12.6 Å². The molecule has 2 rings (SSSR count). The van der Waals surface area contributed by atoms with Gasteiger partial charge in [-0.2, -0.15) is 0 Å². The first-order valence-corrected chi connectivity index (χ1v) is 6.42. The van der Waals surface area contributed by atoms with Crippen LogP contribution in [0.1, 0.15) is 32.1 Å². The summed E-state index contributed by atoms with van der Waals surface area (Å²) in [6.07, 6.45) is 4.30. The number of aliphatic carboxylic acids is 1. The van der Waals surface area contributed by atoms with Crippen LogP contribution in [-0.4, -0.2) is 36.1 Å². The van der Waals surface area contributed by atoms with Crippen LogP contribution in [0.2, 0.25) is 0 Å². The van der Waals surface area contributed by atoms with Gasteiger partial charge < -0.3 is 15.7 Å². The van der Waals surface area contributed by atoms with Crippen LogP contribution in [0, 0.1) is 11.8 Å². The van der Waals surface area contributed by atoms with E-state index in [1.54, 1.807) is 0 Å². The van der Waals surface area contributed by atoms with Crippen LogP contribution in [-0.2, 0) is 9.59 Å². The minimum Gasteiger partial charge on any atom is -0.481 e. The van der Waals surface area contributed by atoms with Crippen molar-refractivity contribution in [2.24, 2.45) is 11.8 Å². The molecule has 2 aliphatic rings. The maximum absolute atomic E-state index is 11.9. The Morgan fingerprint density at radius 2 is 1.94 bits per heavy atom. The predicted molar refractivity (Wildman–Crippen MR) is 62.5 cm³/mol. The van der Waals surface area contributed by atoms with Crippen LogP contribution in [0.25, 0.3) is 0 Å². The van der Waals surface area contributed by atoms with E-state index in [-0.39, 0.29) is 17.9 Å². The highest BCUT2D eigenvalue weighted by atomic mass is 16.4. The molecule has 0 bridgehead atoms. The first-order chi connectivity index (χ1) is 8.18. The molecule has 1 saturated carbocycles. The standard InChI is InChI=1S/C12H20N2O3/c15-11(8-5-6-13-7-8)14-10-4-2-1-3-9(10)12(16)17/h8-10,13H,1-7H2,(H,14,15)(H,16,17). The molecule has 0 spiro atoms. The summed E-state index contributed by atoms with van der Waals surface area (Å²) in [5.41, 5.74) is 0. The number of carbonyl (C=O) groups excluding carboxylic acids is 1. The molecular weight excluding hydrogens is 220 g/mol. The van der Waals surface area contributed by atoms with Crippen molar-refractivity contribution in [3.05, 3.63) is 0 Å². The van der Waals surface area contributed by atoms with E-state index in [0.29, 0.717) is 6.42 Å². The van der Waals surface area contributed by atoms with Crippen molar-refractivity contribution in [1.82, 2.24) is 10.6 Å². The zero-order valence-corrected chi connectivity index (χ0v) is 9.95. The van der Waals surface area contributed by atoms with Crippen molar-refractivity contribution in [2.75, 3.05) is 13.1 Å². The second kappa shape index (κ2) is 5.49. The number of hydrogen-bond acceptors (Lipinski definition) is 3. The summed E-state index contributed by atoms with van der Waals surface area (Å²) >= 11 is 0. The van der Waals surface area contributed by atoms with E-state index in [4.69, 9.17) is 5.11 Å². The largest absolute Gasteiger partial charge is 0.481 e. The monoisotopic (exact) mass is 240 g/mol. The Kier molecular flexibility index (Phi) is 3.99. The van der Waals surface area contributed by atoms with Gasteiger partial charge in [0.2, 0.25) is 5.91 Å². The van der Waals surface area contributed by atoms with Crippen LogP contribution in [0.5, 0.6) is 0 Å². The highest BCUT2D eigenvalue weighted by Gasteiger charge is 2.33. The van der Waals surface area contributed by atoms with Crippen LogP contribution in [0.15, 0.2) is 0 Å². The van der Waals surface area contributed by atoms with Crippen LogP contribution >= 0.6 is 0 Å². The molecule has 0 radical (unpaired) electrons. The Morgan fingerprint density at radius 3 is 2.59 bits per heavy atom. The molecule has 2 fully saturated rings. The average Bonchev–Trinajstić information content (AvgIpc) is 2.83. The fraction of sp³-hybridized carbons (Fsp3) is 0.833. The van der Waals surface area contributed by atoms with Gasteiger partial charge in [0.1, 0.15) is 0 Å². The normalized spacial score (nSPS) is 33.3. The highest BCUT2D eigenvalue weighted by molar-refractivity contribution is 5.80. The Balaban J connectivity index is 1.90. The van der Waals surface area contributed by atoms with Gasteiger partial charge in [0.25, 0.3) is 0 Å². The van der Waals surface area contributed by atoms with Gasteiger partial charge in [-0.25, -0.2) is 0 Å². The second-order valence-corrected chi connectivity index (χ2v) is 5.03. The lowest BCUT2D eigenvalue weighted by atomic mass is 9.84. The Labute approximate surface area is 101 Å². The third kappa shape index (κ3) is 2.97. The quantitative estimate of drug-likeness (QED) is 0.665. The number of carboxylic acid groups (broad SMARTS) is 1. The van der Waals surface area contributed by atoms with Gasteiger partial charge >= 0.3 is 5.97 Å². The molecule has 3 unspecified atom stereocenters. The Hall–Kier alpha value is -1.10. The average molecular weight is 240 g/mol. The number of rotatable bonds is 3. The van der Waals surface area contributed by atoms with Crippen molar-refractivity contribution in [1.29, 1.82) is 0 Å². The summed E-state index contributed by atoms with van der Waals surface area (Å²) in [5, 5.41) is 15.2. The van der Waals surface area contributed by atoms with Gasteiger partial charge in [-0.05, 0) is 25.8 Å². The maximum Gasteiger partial charge on any atom is 0.308 e. The molecule has 0 aromatic heterocycles. The second-order valence-electron chi connectivity index (χ2n) is 5.03. The van der Waals surface area contributed by atoms with E-state index in [2.05, 4.69) is 10.6 Å². The van der Waals surface area contributed by atoms with E-state index >= 15 is 0 Å². The topological polar surface area (TPSA) is 78.4 Å². The summed E-state index contributed by atoms with van der Waals surface area (Å²) in [7, 11) is 0. The molecule has 1 heterocycles. The lowest BCUT2D eigenvalue weighted by Gasteiger charge is -2.30. The van der Waals surface area contributed by atoms with E-state index in [1.165, 1.54) is 0 Å². The molecule has 96 valence electrons. The SMILES string of the molecule is O=C(NC1CCCCC1C(=O)O)C1CCNC1. The van der Waals surface area contributed by atoms with E-state index < -0.39 is 11.9 Å². The minimum atomic E-state index is -0.778. The molecule has 17 heavy (non-hydrogen) atoms. The highest BCUT2D eigenvalue weighted by Crippen LogP contribution is 2.25. The predicted octanol–water partition coefficient (Wildman–Crippen LogP) is 0.355. The number of nitrogens with one attached hydrogen (secondary N) is 2. The third-order valence-corrected chi connectivity index (χ3v) is 3.84. The Bertz CT molecular complexity index is 300. The summed E-state index contributed by atoms with van der Waals surface area (Å²) in [5.74, 6) is -1.14. The lowest BCUT2D eigenvalue weighted by Crippen LogP contribution is -2.47. The maximum atomic E-state index is 11.9. The van der Waals surface area contributed by atoms with Gasteiger partial charge in [-0.1, -0.05) is 12.8 Å². The van der Waals surface area contributed by atoms with E-state index in [0.717, 1.165) is 38.8 Å². The number of amides is 1. The lowest BCUT2D eigenvalue weighted by molar-refractivity contribution is -0.144. The number of carbonyl (C=O) groups is 2. The van der Waals surface area contributed by atoms with Gasteiger partial charge in [0.05, 0.1) is 11.8 Å². The Morgan fingerprint density at radius 1 is 1.18 bits per heavy atom. The first-order valence-electron chi connectivity index (χ1n) is 6.42. The van der Waals surface area contributed by atoms with Crippen LogP contribution < -0.4 is 10.6 Å². The van der Waals surface area contributed by atoms with Gasteiger partial charge in [0.15, 0.2) is 0 Å². The van der Waals surface area contributed by atoms with Gasteiger partial charge in [-0.3, -0.25) is 9.59 Å². The van der Waals surface area contributed by atoms with Crippen LogP contribution in [0.3, 0.4) is 0 Å². The van der Waals surface area contributed by atoms with Crippen molar-refractivity contribution in [2.45, 2.75) is 38.1 Å². The first kappa shape index (κ1) is 12.4. The smallest absolute Gasteiger partial charge is 0.308 e. The molecular formula is C12H20N2O3. The van der Waals surface area contributed by atoms with Crippen molar-refractivity contribution in [3.8, 4) is 0 Å². The van der Waals surface area contributed by atoms with Crippen LogP contribution in [0.4, 0.5) is 0 Å². The number of carboxylic acids is 1. The number of hydrogen-bond donors (Lipinski definition) is 3. The molecule has 3 atom stereocenters. The summed E-state index contributed by atoms with van der Waals surface area (Å²) in [6.45, 7) is 1.60. The molecule has 1 aliphatic heterocycles. The molecule has 3 N–H and O–H groups in total. The van der Waals surface area contributed by atoms with Crippen molar-refractivity contribution < 1.29 is 14.7 Å². The molecule has 5 nitrogen and oxygen atoms in total. The zero-order valence-electron chi connectivity index (χ0n) is 9.95. The minimum absolute atomic E-state index is 0.0198. The summed E-state index contributed by atoms with van der Waals surface area (Å²) in [6, 6.07) is -0.172. The van der Waals surface area contributed by atoms with Crippen molar-refractivity contribution >= 4 is 11.9 Å². The molecule has 0 aromatic rings. The summed E-state index contributed by atoms with van der Waals surface area (Å²) in [4.78, 5) is 23.0.